The summed E-state index contributed by atoms with van der Waals surface area (Å²) in [5, 5.41) is 13.2. The van der Waals surface area contributed by atoms with Gasteiger partial charge in [-0.25, -0.2) is 13.1 Å². The van der Waals surface area contributed by atoms with Gasteiger partial charge in [0, 0.05) is 11.3 Å². The number of hydrogen-bond donors (Lipinski definition) is 2. The van der Waals surface area contributed by atoms with Crippen LogP contribution in [0.4, 0.5) is 0 Å². The fourth-order valence-electron chi connectivity index (χ4n) is 4.16. The Balaban J connectivity index is 1.55. The van der Waals surface area contributed by atoms with Gasteiger partial charge in [-0.3, -0.25) is 9.48 Å². The lowest BCUT2D eigenvalue weighted by Crippen LogP contribution is -2.31. The van der Waals surface area contributed by atoms with Crippen LogP contribution in [0.25, 0.3) is 11.1 Å². The van der Waals surface area contributed by atoms with Gasteiger partial charge < -0.3 is 5.11 Å². The summed E-state index contributed by atoms with van der Waals surface area (Å²) in [6.45, 7) is 4.05. The Bertz CT molecular complexity index is 1230. The molecule has 168 valence electrons. The summed E-state index contributed by atoms with van der Waals surface area (Å²) in [7, 11) is -3.74. The normalized spacial score (nSPS) is 16.2. The van der Waals surface area contributed by atoms with Crippen molar-refractivity contribution in [3.63, 3.8) is 0 Å². The summed E-state index contributed by atoms with van der Waals surface area (Å²) in [6.07, 6.45) is 3.67. The molecule has 32 heavy (non-hydrogen) atoms. The van der Waals surface area contributed by atoms with Crippen LogP contribution >= 0.6 is 0 Å². The zero-order chi connectivity index (χ0) is 22.9. The van der Waals surface area contributed by atoms with E-state index in [4.69, 9.17) is 5.11 Å². The van der Waals surface area contributed by atoms with Gasteiger partial charge in [0.2, 0.25) is 10.0 Å². The summed E-state index contributed by atoms with van der Waals surface area (Å²) in [5.41, 5.74) is 4.78. The van der Waals surface area contributed by atoms with Gasteiger partial charge in [-0.05, 0) is 54.0 Å². The first kappa shape index (κ1) is 22.2. The number of carboxylic acid groups (broad SMARTS) is 1. The highest BCUT2D eigenvalue weighted by Gasteiger charge is 2.29. The third-order valence-corrected chi connectivity index (χ3v) is 7.38. The highest BCUT2D eigenvalue weighted by atomic mass is 32.2. The molecule has 0 fully saturated rings. The molecule has 1 aliphatic rings. The molecule has 1 heterocycles. The molecule has 0 amide bonds. The number of benzene rings is 2. The first-order chi connectivity index (χ1) is 15.2. The van der Waals surface area contributed by atoms with Crippen molar-refractivity contribution >= 4 is 16.0 Å². The van der Waals surface area contributed by atoms with Crippen molar-refractivity contribution in [2.45, 2.75) is 56.5 Å². The maximum absolute atomic E-state index is 13.1. The largest absolute Gasteiger partial charge is 0.480 e. The van der Waals surface area contributed by atoms with E-state index < -0.39 is 22.0 Å². The van der Waals surface area contributed by atoms with Crippen LogP contribution in [0.5, 0.6) is 0 Å². The fourth-order valence-corrected chi connectivity index (χ4v) is 5.41. The van der Waals surface area contributed by atoms with Crippen molar-refractivity contribution in [1.29, 1.82) is 0 Å². The van der Waals surface area contributed by atoms with Crippen LogP contribution < -0.4 is 4.72 Å². The predicted octanol–water partition coefficient (Wildman–Crippen LogP) is 4.11. The lowest BCUT2D eigenvalue weighted by atomic mass is 9.94. The van der Waals surface area contributed by atoms with Crippen LogP contribution in [-0.2, 0) is 27.8 Å². The van der Waals surface area contributed by atoms with Gasteiger partial charge in [0.25, 0.3) is 0 Å². The molecule has 0 bridgehead atoms. The third kappa shape index (κ3) is 4.61. The Morgan fingerprint density at radius 3 is 2.62 bits per heavy atom. The van der Waals surface area contributed by atoms with Gasteiger partial charge in [-0.1, -0.05) is 50.2 Å². The molecule has 1 aromatic heterocycles. The first-order valence-electron chi connectivity index (χ1n) is 10.7. The molecule has 0 radical (unpaired) electrons. The van der Waals surface area contributed by atoms with E-state index in [0.717, 1.165) is 28.8 Å². The second-order valence-electron chi connectivity index (χ2n) is 8.47. The monoisotopic (exact) mass is 453 g/mol. The zero-order valence-corrected chi connectivity index (χ0v) is 19.0. The van der Waals surface area contributed by atoms with Crippen molar-refractivity contribution in [2.24, 2.45) is 0 Å². The van der Waals surface area contributed by atoms with Crippen molar-refractivity contribution in [3.05, 3.63) is 71.5 Å². The molecule has 7 nitrogen and oxygen atoms in total. The fraction of sp³-hybridized carbons (Fsp3) is 0.333. The number of sulfonamides is 1. The van der Waals surface area contributed by atoms with E-state index in [1.54, 1.807) is 18.3 Å². The van der Waals surface area contributed by atoms with Crippen molar-refractivity contribution in [2.75, 3.05) is 0 Å². The predicted molar refractivity (Wildman–Crippen MR) is 122 cm³/mol. The Labute approximate surface area is 188 Å². The van der Waals surface area contributed by atoms with E-state index in [-0.39, 0.29) is 11.4 Å². The second-order valence-corrected chi connectivity index (χ2v) is 10.2. The summed E-state index contributed by atoms with van der Waals surface area (Å²) < 4.78 is 30.3. The van der Waals surface area contributed by atoms with Crippen LogP contribution in [0.3, 0.4) is 0 Å². The van der Waals surface area contributed by atoms with E-state index in [9.17, 15) is 13.2 Å². The van der Waals surface area contributed by atoms with Gasteiger partial charge in [0.05, 0.1) is 17.1 Å². The van der Waals surface area contributed by atoms with E-state index >= 15 is 0 Å². The van der Waals surface area contributed by atoms with Gasteiger partial charge in [0.1, 0.15) is 6.54 Å². The van der Waals surface area contributed by atoms with Crippen LogP contribution in [0, 0.1) is 0 Å². The summed E-state index contributed by atoms with van der Waals surface area (Å²) in [6, 6.07) is 14.7. The molecule has 2 aromatic carbocycles. The molecule has 1 atom stereocenters. The summed E-state index contributed by atoms with van der Waals surface area (Å²) in [5.74, 6) is -0.559. The third-order valence-electron chi connectivity index (χ3n) is 5.90. The average Bonchev–Trinajstić information content (AvgIpc) is 3.17. The molecule has 0 aliphatic heterocycles. The SMILES string of the molecule is CC(C)c1cccc(-c2ccc(S(=O)(=O)NC3CCCc4c3cnn4CC(=O)O)cc2)c1. The smallest absolute Gasteiger partial charge is 0.325 e. The number of aromatic nitrogens is 2. The number of rotatable bonds is 7. The van der Waals surface area contributed by atoms with Crippen LogP contribution in [0.2, 0.25) is 0 Å². The van der Waals surface area contributed by atoms with Crippen LogP contribution in [0.1, 0.15) is 55.5 Å². The Morgan fingerprint density at radius 1 is 1.19 bits per heavy atom. The van der Waals surface area contributed by atoms with Gasteiger partial charge >= 0.3 is 5.97 Å². The number of carboxylic acids is 1. The number of aliphatic carboxylic acids is 1. The highest BCUT2D eigenvalue weighted by molar-refractivity contribution is 7.89. The number of hydrogen-bond acceptors (Lipinski definition) is 4. The first-order valence-corrected chi connectivity index (χ1v) is 12.2. The van der Waals surface area contributed by atoms with E-state index in [0.29, 0.717) is 18.8 Å². The minimum Gasteiger partial charge on any atom is -0.480 e. The molecule has 8 heteroatoms. The average molecular weight is 454 g/mol. The molecule has 0 spiro atoms. The summed E-state index contributed by atoms with van der Waals surface area (Å²) >= 11 is 0. The van der Waals surface area contributed by atoms with Gasteiger partial charge in [-0.15, -0.1) is 0 Å². The standard InChI is InChI=1S/C24H27N3O4S/c1-16(2)18-5-3-6-19(13-18)17-9-11-20(12-10-17)32(30,31)26-22-7-4-8-23-21(22)14-25-27(23)15-24(28)29/h3,5-6,9-14,16,22,26H,4,7-8,15H2,1-2H3,(H,28,29). The quantitative estimate of drug-likeness (QED) is 0.561. The minimum atomic E-state index is -3.74. The molecule has 4 rings (SSSR count). The number of nitrogens with one attached hydrogen (secondary N) is 1. The molecule has 0 saturated carbocycles. The van der Waals surface area contributed by atoms with Crippen molar-refractivity contribution in [1.82, 2.24) is 14.5 Å². The molecular formula is C24H27N3O4S. The number of carbonyl (C=O) groups is 1. The topological polar surface area (TPSA) is 101 Å². The lowest BCUT2D eigenvalue weighted by molar-refractivity contribution is -0.137. The molecular weight excluding hydrogens is 426 g/mol. The van der Waals surface area contributed by atoms with Crippen molar-refractivity contribution < 1.29 is 18.3 Å². The maximum Gasteiger partial charge on any atom is 0.325 e. The number of nitrogens with zero attached hydrogens (tertiary/aromatic N) is 2. The van der Waals surface area contributed by atoms with Crippen LogP contribution in [-0.4, -0.2) is 29.3 Å². The Hall–Kier alpha value is -2.97. The molecule has 1 aliphatic carbocycles. The molecule has 2 N–H and O–H groups in total. The minimum absolute atomic E-state index is 0.200. The van der Waals surface area contributed by atoms with E-state index in [1.807, 2.05) is 24.3 Å². The zero-order valence-electron chi connectivity index (χ0n) is 18.2. The number of fused-ring (bicyclic) bond motifs is 1. The Morgan fingerprint density at radius 2 is 1.94 bits per heavy atom. The molecule has 0 saturated heterocycles. The van der Waals surface area contributed by atoms with E-state index in [2.05, 4.69) is 35.8 Å². The Kier molecular flexibility index (Phi) is 6.17. The van der Waals surface area contributed by atoms with Crippen molar-refractivity contribution in [3.8, 4) is 11.1 Å². The maximum atomic E-state index is 13.1. The van der Waals surface area contributed by atoms with Crippen LogP contribution in [0.15, 0.2) is 59.6 Å². The van der Waals surface area contributed by atoms with Gasteiger partial charge in [-0.2, -0.15) is 5.10 Å². The highest BCUT2D eigenvalue weighted by Crippen LogP contribution is 2.31. The molecule has 3 aromatic rings. The lowest BCUT2D eigenvalue weighted by Gasteiger charge is -2.24. The molecule has 1 unspecified atom stereocenters. The summed E-state index contributed by atoms with van der Waals surface area (Å²) in [4.78, 5) is 11.3. The van der Waals surface area contributed by atoms with Gasteiger partial charge in [0.15, 0.2) is 0 Å². The van der Waals surface area contributed by atoms with E-state index in [1.165, 1.54) is 10.2 Å². The second kappa shape index (κ2) is 8.88.